The van der Waals surface area contributed by atoms with Crippen LogP contribution in [0.5, 0.6) is 0 Å². The lowest BCUT2D eigenvalue weighted by atomic mass is 10.0. The van der Waals surface area contributed by atoms with Gasteiger partial charge in [-0.15, -0.1) is 0 Å². The van der Waals surface area contributed by atoms with E-state index in [2.05, 4.69) is 13.8 Å². The SMILES string of the molecule is [CH2]CCCCCCCCCCCCCCCCCCCCCCCCCCCCCCCCCCCCCCCCCCCCCCCCCCCCCCCCCCCCCCCC. The third kappa shape index (κ3) is 64.0. The third-order valence-electron chi connectivity index (χ3n) is 15.6. The fourth-order valence-corrected chi connectivity index (χ4v) is 10.9. The van der Waals surface area contributed by atoms with E-state index in [9.17, 15) is 0 Å². The molecule has 0 aliphatic rings. The minimum absolute atomic E-state index is 1.12. The van der Waals surface area contributed by atoms with Crippen molar-refractivity contribution < 1.29 is 0 Å². The normalized spacial score (nSPS) is 11.7. The molecule has 0 aromatic heterocycles. The minimum Gasteiger partial charge on any atom is -0.0654 e. The van der Waals surface area contributed by atoms with E-state index in [4.69, 9.17) is 0 Å². The number of hydrogen-bond donors (Lipinski definition) is 0. The first-order valence-corrected chi connectivity index (χ1v) is 32.2. The highest BCUT2D eigenvalue weighted by molar-refractivity contribution is 4.56. The van der Waals surface area contributed by atoms with Gasteiger partial charge in [0.25, 0.3) is 0 Å². The van der Waals surface area contributed by atoms with E-state index in [-0.39, 0.29) is 0 Å². The van der Waals surface area contributed by atoms with E-state index in [0.29, 0.717) is 0 Å². The Balaban J connectivity index is 3.06. The van der Waals surface area contributed by atoms with E-state index in [1.165, 1.54) is 398 Å². The second kappa shape index (κ2) is 64.0. The fourth-order valence-electron chi connectivity index (χ4n) is 10.9. The molecule has 65 heavy (non-hydrogen) atoms. The highest BCUT2D eigenvalue weighted by atomic mass is 14.1. The van der Waals surface area contributed by atoms with Gasteiger partial charge in [-0.3, -0.25) is 0 Å². The van der Waals surface area contributed by atoms with Crippen LogP contribution in [-0.2, 0) is 0 Å². The zero-order chi connectivity index (χ0) is 46.5. The summed E-state index contributed by atoms with van der Waals surface area (Å²) in [6.07, 6.45) is 93.2. The van der Waals surface area contributed by atoms with Crippen LogP contribution in [0.25, 0.3) is 0 Å². The van der Waals surface area contributed by atoms with Crippen LogP contribution in [0.1, 0.15) is 411 Å². The summed E-state index contributed by atoms with van der Waals surface area (Å²) in [6.45, 7) is 6.26. The Bertz CT molecular complexity index is 691. The van der Waals surface area contributed by atoms with Crippen LogP contribution in [0.2, 0.25) is 0 Å². The van der Waals surface area contributed by atoms with Crippen molar-refractivity contribution in [3.63, 3.8) is 0 Å². The van der Waals surface area contributed by atoms with Crippen LogP contribution in [0, 0.1) is 6.92 Å². The van der Waals surface area contributed by atoms with Crippen LogP contribution >= 0.6 is 0 Å². The molecular weight excluding hydrogens is 781 g/mol. The molecule has 1 radical (unpaired) electrons. The van der Waals surface area contributed by atoms with Crippen molar-refractivity contribution in [2.24, 2.45) is 0 Å². The van der Waals surface area contributed by atoms with E-state index in [1.54, 1.807) is 0 Å². The van der Waals surface area contributed by atoms with E-state index < -0.39 is 0 Å². The van der Waals surface area contributed by atoms with Gasteiger partial charge in [0.2, 0.25) is 0 Å². The number of hydrogen-bond acceptors (Lipinski definition) is 0. The molecule has 0 spiro atoms. The van der Waals surface area contributed by atoms with Crippen LogP contribution in [0.15, 0.2) is 0 Å². The van der Waals surface area contributed by atoms with E-state index >= 15 is 0 Å². The zero-order valence-electron chi connectivity index (χ0n) is 46.3. The monoisotopic (exact) mass is 912 g/mol. The molecule has 0 aromatic carbocycles. The summed E-state index contributed by atoms with van der Waals surface area (Å²) in [4.78, 5) is 0. The Morgan fingerprint density at radius 2 is 0.200 bits per heavy atom. The largest absolute Gasteiger partial charge is 0.0654 e. The summed E-state index contributed by atoms with van der Waals surface area (Å²) in [7, 11) is 0. The van der Waals surface area contributed by atoms with Crippen molar-refractivity contribution in [3.8, 4) is 0 Å². The van der Waals surface area contributed by atoms with Crippen molar-refractivity contribution in [1.82, 2.24) is 0 Å². The van der Waals surface area contributed by atoms with Gasteiger partial charge in [-0.25, -0.2) is 0 Å². The smallest absolute Gasteiger partial charge is 0.0533 e. The van der Waals surface area contributed by atoms with Gasteiger partial charge in [0.1, 0.15) is 0 Å². The second-order valence-electron chi connectivity index (χ2n) is 22.4. The molecule has 0 amide bonds. The minimum atomic E-state index is 1.12. The molecule has 391 valence electrons. The molecule has 0 fully saturated rings. The fraction of sp³-hybridized carbons (Fsp3) is 0.985. The van der Waals surface area contributed by atoms with Crippen LogP contribution < -0.4 is 0 Å². The van der Waals surface area contributed by atoms with Crippen molar-refractivity contribution in [3.05, 3.63) is 6.92 Å². The molecule has 0 bridgehead atoms. The van der Waals surface area contributed by atoms with Crippen molar-refractivity contribution >= 4 is 0 Å². The second-order valence-corrected chi connectivity index (χ2v) is 22.4. The predicted molar refractivity (Wildman–Crippen MR) is 302 cm³/mol. The molecule has 0 N–H and O–H groups in total. The van der Waals surface area contributed by atoms with Gasteiger partial charge in [-0.05, 0) is 0 Å². The van der Waals surface area contributed by atoms with Crippen LogP contribution in [-0.4, -0.2) is 0 Å². The molecule has 0 atom stereocenters. The van der Waals surface area contributed by atoms with Gasteiger partial charge in [-0.1, -0.05) is 418 Å². The lowest BCUT2D eigenvalue weighted by Gasteiger charge is -2.05. The summed E-state index contributed by atoms with van der Waals surface area (Å²) in [6, 6.07) is 0. The van der Waals surface area contributed by atoms with E-state index in [1.807, 2.05) is 0 Å². The average molecular weight is 913 g/mol. The van der Waals surface area contributed by atoms with Gasteiger partial charge < -0.3 is 0 Å². The third-order valence-corrected chi connectivity index (χ3v) is 15.6. The molecule has 0 rings (SSSR count). The molecule has 0 heteroatoms. The van der Waals surface area contributed by atoms with Crippen molar-refractivity contribution in [2.75, 3.05) is 0 Å². The molecule has 0 aromatic rings. The Hall–Kier alpha value is 0. The zero-order valence-corrected chi connectivity index (χ0v) is 46.3. The number of unbranched alkanes of at least 4 members (excludes halogenated alkanes) is 62. The molecular formula is C65H131. The highest BCUT2D eigenvalue weighted by Crippen LogP contribution is 2.20. The summed E-state index contributed by atoms with van der Waals surface area (Å²) in [5.74, 6) is 0. The predicted octanol–water partition coefficient (Wildman–Crippen LogP) is 25.4. The van der Waals surface area contributed by atoms with Gasteiger partial charge in [0.15, 0.2) is 0 Å². The maximum absolute atomic E-state index is 3.94. The lowest BCUT2D eigenvalue weighted by molar-refractivity contribution is 0.506. The summed E-state index contributed by atoms with van der Waals surface area (Å²) < 4.78 is 0. The first-order valence-electron chi connectivity index (χ1n) is 32.2. The van der Waals surface area contributed by atoms with Crippen LogP contribution in [0.3, 0.4) is 0 Å². The standard InChI is InChI=1S/C65H131/c1-3-5-7-9-11-13-15-17-19-21-23-25-27-29-31-33-35-37-39-41-43-45-47-49-51-53-55-57-59-61-63-65-64-62-60-58-56-54-52-50-48-46-44-42-40-38-36-34-32-30-28-26-24-22-20-18-16-14-12-10-8-6-4-2/h1,3-65H2,2H3. The van der Waals surface area contributed by atoms with Gasteiger partial charge >= 0.3 is 0 Å². The Labute approximate surface area is 416 Å². The van der Waals surface area contributed by atoms with Gasteiger partial charge in [0.05, 0.1) is 0 Å². The number of rotatable bonds is 62. The average Bonchev–Trinajstić information content (AvgIpc) is 3.32. The Morgan fingerprint density at radius 3 is 0.277 bits per heavy atom. The molecule has 0 aliphatic heterocycles. The summed E-state index contributed by atoms with van der Waals surface area (Å²) in [5, 5.41) is 0. The maximum atomic E-state index is 3.94. The summed E-state index contributed by atoms with van der Waals surface area (Å²) in [5.41, 5.74) is 0. The molecule has 0 saturated carbocycles. The molecule has 0 heterocycles. The van der Waals surface area contributed by atoms with Crippen molar-refractivity contribution in [1.29, 1.82) is 0 Å². The Morgan fingerprint density at radius 1 is 0.123 bits per heavy atom. The molecule has 0 aliphatic carbocycles. The molecule has 0 saturated heterocycles. The molecule has 0 nitrogen and oxygen atoms in total. The topological polar surface area (TPSA) is 0 Å². The Kier molecular flexibility index (Phi) is 64.0. The highest BCUT2D eigenvalue weighted by Gasteiger charge is 2.00. The first-order chi connectivity index (χ1) is 32.4. The van der Waals surface area contributed by atoms with Gasteiger partial charge in [0, 0.05) is 0 Å². The quantitative estimate of drug-likeness (QED) is 0.0534. The molecule has 0 unspecified atom stereocenters. The van der Waals surface area contributed by atoms with E-state index in [0.717, 1.165) is 6.42 Å². The maximum Gasteiger partial charge on any atom is -0.0533 e. The lowest BCUT2D eigenvalue weighted by Crippen LogP contribution is -1.85. The summed E-state index contributed by atoms with van der Waals surface area (Å²) >= 11 is 0. The first kappa shape index (κ1) is 65.0. The van der Waals surface area contributed by atoms with Crippen molar-refractivity contribution in [2.45, 2.75) is 411 Å². The van der Waals surface area contributed by atoms with Gasteiger partial charge in [-0.2, -0.15) is 0 Å². The van der Waals surface area contributed by atoms with Crippen LogP contribution in [0.4, 0.5) is 0 Å².